The van der Waals surface area contributed by atoms with Crippen molar-refractivity contribution in [1.82, 2.24) is 14.5 Å². The van der Waals surface area contributed by atoms with Gasteiger partial charge in [-0.2, -0.15) is 0 Å². The second kappa shape index (κ2) is 6.90. The first-order chi connectivity index (χ1) is 13.8. The van der Waals surface area contributed by atoms with Crippen molar-refractivity contribution in [2.75, 3.05) is 14.2 Å². The minimum Gasteiger partial charge on any atom is -0.493 e. The van der Waals surface area contributed by atoms with Crippen molar-refractivity contribution in [1.29, 1.82) is 0 Å². The number of nitrogens with zero attached hydrogens (tertiary/aromatic N) is 2. The van der Waals surface area contributed by atoms with Gasteiger partial charge in [-0.15, -0.1) is 0 Å². The number of H-pyrrole nitrogens is 1. The van der Waals surface area contributed by atoms with Gasteiger partial charge in [-0.3, -0.25) is 9.55 Å². The van der Waals surface area contributed by atoms with Crippen molar-refractivity contribution in [3.63, 3.8) is 0 Å². The predicted molar refractivity (Wildman–Crippen MR) is 108 cm³/mol. The number of pyridine rings is 1. The van der Waals surface area contributed by atoms with Gasteiger partial charge < -0.3 is 14.5 Å². The van der Waals surface area contributed by atoms with Crippen LogP contribution >= 0.6 is 0 Å². The number of sulfonamides is 1. The number of ether oxygens (including phenoxy) is 2. The van der Waals surface area contributed by atoms with Gasteiger partial charge in [0.1, 0.15) is 0 Å². The van der Waals surface area contributed by atoms with Crippen LogP contribution in [0.25, 0.3) is 21.9 Å². The Kier molecular flexibility index (Phi) is 4.52. The maximum atomic E-state index is 12.6. The summed E-state index contributed by atoms with van der Waals surface area (Å²) in [5.74, 6) is 1.06. The normalized spacial score (nSPS) is 11.8. The number of hydrogen-bond acceptors (Lipinski definition) is 6. The van der Waals surface area contributed by atoms with Gasteiger partial charge in [-0.1, -0.05) is 12.1 Å². The van der Waals surface area contributed by atoms with Crippen molar-refractivity contribution in [3.05, 3.63) is 58.6 Å². The summed E-state index contributed by atoms with van der Waals surface area (Å²) in [5, 5.41) is 5.86. The van der Waals surface area contributed by atoms with Gasteiger partial charge >= 0.3 is 5.69 Å². The van der Waals surface area contributed by atoms with Crippen LogP contribution in [0.1, 0.15) is 5.56 Å². The Morgan fingerprint density at radius 3 is 2.38 bits per heavy atom. The second-order valence-corrected chi connectivity index (χ2v) is 8.01. The maximum absolute atomic E-state index is 12.6. The minimum absolute atomic E-state index is 0.0130. The highest BCUT2D eigenvalue weighted by atomic mass is 32.2. The molecule has 2 aromatic heterocycles. The van der Waals surface area contributed by atoms with Crippen molar-refractivity contribution < 1.29 is 17.9 Å². The summed E-state index contributed by atoms with van der Waals surface area (Å²) in [6.07, 6.45) is 1.59. The topological polar surface area (TPSA) is 129 Å². The summed E-state index contributed by atoms with van der Waals surface area (Å²) in [4.78, 5) is 19.8. The molecule has 0 bridgehead atoms. The van der Waals surface area contributed by atoms with E-state index in [2.05, 4.69) is 9.97 Å². The highest BCUT2D eigenvalue weighted by Crippen LogP contribution is 2.34. The van der Waals surface area contributed by atoms with Gasteiger partial charge in [-0.05, 0) is 23.8 Å². The first-order valence-electron chi connectivity index (χ1n) is 8.57. The van der Waals surface area contributed by atoms with Crippen LogP contribution in [-0.4, -0.2) is 37.2 Å². The molecule has 0 aliphatic heterocycles. The highest BCUT2D eigenvalue weighted by Gasteiger charge is 2.15. The number of primary sulfonamides is 1. The molecule has 3 N–H and O–H groups in total. The summed E-state index contributed by atoms with van der Waals surface area (Å²) in [7, 11) is -0.699. The van der Waals surface area contributed by atoms with Gasteiger partial charge in [0, 0.05) is 11.5 Å². The molecule has 0 amide bonds. The zero-order chi connectivity index (χ0) is 20.8. The molecule has 0 atom stereocenters. The molecule has 0 saturated carbocycles. The van der Waals surface area contributed by atoms with Gasteiger partial charge in [0.25, 0.3) is 0 Å². The van der Waals surface area contributed by atoms with Crippen LogP contribution in [0.4, 0.5) is 0 Å². The SMILES string of the molecule is COc1cc2ncc3[nH]c(=O)n(Cc4ccc(S(N)(=O)=O)cc4)c3c2cc1OC. The molecular formula is C19H18N4O5S. The number of hydrogen-bond donors (Lipinski definition) is 2. The van der Waals surface area contributed by atoms with Crippen molar-refractivity contribution in [2.45, 2.75) is 11.4 Å². The molecule has 29 heavy (non-hydrogen) atoms. The van der Waals surface area contributed by atoms with Crippen molar-refractivity contribution in [2.24, 2.45) is 5.14 Å². The predicted octanol–water partition coefficient (Wildman–Crippen LogP) is 1.59. The average molecular weight is 414 g/mol. The third kappa shape index (κ3) is 3.32. The Morgan fingerprint density at radius 2 is 1.76 bits per heavy atom. The van der Waals surface area contributed by atoms with Crippen LogP contribution in [0, 0.1) is 0 Å². The van der Waals surface area contributed by atoms with E-state index in [0.717, 1.165) is 10.9 Å². The van der Waals surface area contributed by atoms with E-state index in [1.807, 2.05) is 0 Å². The van der Waals surface area contributed by atoms with E-state index < -0.39 is 10.0 Å². The molecule has 2 heterocycles. The van der Waals surface area contributed by atoms with E-state index >= 15 is 0 Å². The van der Waals surface area contributed by atoms with E-state index in [0.29, 0.717) is 28.0 Å². The fourth-order valence-electron chi connectivity index (χ4n) is 3.29. The Balaban J connectivity index is 1.89. The van der Waals surface area contributed by atoms with Crippen LogP contribution in [0.5, 0.6) is 11.5 Å². The molecule has 9 nitrogen and oxygen atoms in total. The number of nitrogens with two attached hydrogens (primary N) is 1. The summed E-state index contributed by atoms with van der Waals surface area (Å²) in [6.45, 7) is 0.233. The third-order valence-corrected chi connectivity index (χ3v) is 5.62. The average Bonchev–Trinajstić information content (AvgIpc) is 3.02. The molecule has 0 saturated heterocycles. The molecular weight excluding hydrogens is 396 g/mol. The third-order valence-electron chi connectivity index (χ3n) is 4.69. The van der Waals surface area contributed by atoms with E-state index in [1.54, 1.807) is 42.1 Å². The summed E-state index contributed by atoms with van der Waals surface area (Å²) < 4.78 is 35.2. The first kappa shape index (κ1) is 19.0. The lowest BCUT2D eigenvalue weighted by molar-refractivity contribution is 0.356. The molecule has 0 fully saturated rings. The van der Waals surface area contributed by atoms with Gasteiger partial charge in [0.2, 0.25) is 10.0 Å². The molecule has 2 aromatic carbocycles. The number of aromatic amines is 1. The Labute approximate surface area is 165 Å². The Hall–Kier alpha value is -3.37. The summed E-state index contributed by atoms with van der Waals surface area (Å²) in [5.41, 5.74) is 2.32. The zero-order valence-electron chi connectivity index (χ0n) is 15.7. The highest BCUT2D eigenvalue weighted by molar-refractivity contribution is 7.89. The van der Waals surface area contributed by atoms with Crippen LogP contribution in [0.15, 0.2) is 52.3 Å². The lowest BCUT2D eigenvalue weighted by atomic mass is 10.1. The van der Waals surface area contributed by atoms with E-state index in [9.17, 15) is 13.2 Å². The van der Waals surface area contributed by atoms with E-state index in [-0.39, 0.29) is 17.1 Å². The smallest absolute Gasteiger partial charge is 0.326 e. The maximum Gasteiger partial charge on any atom is 0.326 e. The molecule has 4 aromatic rings. The standard InChI is InChI=1S/C19H18N4O5S/c1-27-16-7-13-14(8-17(16)28-2)21-9-15-18(13)23(19(24)22-15)10-11-3-5-12(6-4-11)29(20,25)26/h3-9H,10H2,1-2H3,(H,22,24)(H2,20,25,26). The zero-order valence-corrected chi connectivity index (χ0v) is 16.5. The Morgan fingerprint density at radius 1 is 1.10 bits per heavy atom. The molecule has 10 heteroatoms. The van der Waals surface area contributed by atoms with E-state index in [1.165, 1.54) is 19.2 Å². The van der Waals surface area contributed by atoms with Crippen LogP contribution in [0.3, 0.4) is 0 Å². The van der Waals surface area contributed by atoms with Gasteiger partial charge in [-0.25, -0.2) is 18.4 Å². The lowest BCUT2D eigenvalue weighted by Crippen LogP contribution is -2.17. The first-order valence-corrected chi connectivity index (χ1v) is 10.1. The number of nitrogens with one attached hydrogen (secondary N) is 1. The van der Waals surface area contributed by atoms with Crippen molar-refractivity contribution >= 4 is 32.0 Å². The monoisotopic (exact) mass is 414 g/mol. The molecule has 0 aliphatic rings. The fourth-order valence-corrected chi connectivity index (χ4v) is 3.80. The van der Waals surface area contributed by atoms with Crippen LogP contribution in [-0.2, 0) is 16.6 Å². The molecule has 0 unspecified atom stereocenters. The Bertz CT molecular complexity index is 1390. The fraction of sp³-hybridized carbons (Fsp3) is 0.158. The van der Waals surface area contributed by atoms with Crippen LogP contribution in [0.2, 0.25) is 0 Å². The number of aromatic nitrogens is 3. The molecule has 0 radical (unpaired) electrons. The number of rotatable bonds is 5. The number of imidazole rings is 1. The summed E-state index contributed by atoms with van der Waals surface area (Å²) >= 11 is 0. The van der Waals surface area contributed by atoms with Crippen LogP contribution < -0.4 is 20.3 Å². The minimum atomic E-state index is -3.78. The summed E-state index contributed by atoms with van der Waals surface area (Å²) in [6, 6.07) is 9.60. The number of fused-ring (bicyclic) bond motifs is 3. The molecule has 0 aliphatic carbocycles. The van der Waals surface area contributed by atoms with Crippen molar-refractivity contribution in [3.8, 4) is 11.5 Å². The molecule has 150 valence electrons. The molecule has 0 spiro atoms. The van der Waals surface area contributed by atoms with Gasteiger partial charge in [0.15, 0.2) is 11.5 Å². The number of benzene rings is 2. The van der Waals surface area contributed by atoms with E-state index in [4.69, 9.17) is 14.6 Å². The van der Waals surface area contributed by atoms with Gasteiger partial charge in [0.05, 0.1) is 48.4 Å². The second-order valence-electron chi connectivity index (χ2n) is 6.45. The largest absolute Gasteiger partial charge is 0.493 e. The number of methoxy groups -OCH3 is 2. The lowest BCUT2D eigenvalue weighted by Gasteiger charge is -2.11. The quantitative estimate of drug-likeness (QED) is 0.510. The molecule has 4 rings (SSSR count).